The monoisotopic (exact) mass is 723 g/mol. The molecule has 6 atom stereocenters. The second kappa shape index (κ2) is 16.6. The molecule has 0 bridgehead atoms. The van der Waals surface area contributed by atoms with Crippen LogP contribution in [0, 0.1) is 17.0 Å². The van der Waals surface area contributed by atoms with Gasteiger partial charge in [0.2, 0.25) is 15.0 Å². The van der Waals surface area contributed by atoms with E-state index in [2.05, 4.69) is 14.7 Å². The fraction of sp³-hybridized carbons (Fsp3) is 0.448. The van der Waals surface area contributed by atoms with Gasteiger partial charge in [-0.05, 0) is 30.7 Å². The Morgan fingerprint density at radius 3 is 2.29 bits per heavy atom. The minimum atomic E-state index is -4.91. The summed E-state index contributed by atoms with van der Waals surface area (Å²) in [6.45, 7) is 4.13. The largest absolute Gasteiger partial charge is 0.466 e. The maximum atomic E-state index is 13.9. The number of hydrogen-bond donors (Lipinski definition) is 1. The Morgan fingerprint density at radius 1 is 1.10 bits per heavy atom. The van der Waals surface area contributed by atoms with Crippen molar-refractivity contribution in [2.24, 2.45) is 5.11 Å². The molecule has 1 fully saturated rings. The number of nitro benzene ring substituents is 1. The first kappa shape index (κ1) is 38.7. The first-order valence-corrected chi connectivity index (χ1v) is 16.6. The topological polar surface area (TPSA) is 252 Å². The summed E-state index contributed by atoms with van der Waals surface area (Å²) in [6, 6.07) is 9.37. The van der Waals surface area contributed by atoms with Gasteiger partial charge in [0, 0.05) is 43.1 Å². The van der Waals surface area contributed by atoms with E-state index in [4.69, 9.17) is 29.2 Å². The number of carbonyl (C=O) groups is 4. The van der Waals surface area contributed by atoms with E-state index in [9.17, 15) is 37.7 Å². The van der Waals surface area contributed by atoms with Gasteiger partial charge in [0.25, 0.3) is 5.69 Å². The van der Waals surface area contributed by atoms with Crippen LogP contribution in [0.4, 0.5) is 5.69 Å². The van der Waals surface area contributed by atoms with Crippen molar-refractivity contribution in [3.05, 3.63) is 74.7 Å². The lowest BCUT2D eigenvalue weighted by Crippen LogP contribution is -2.68. The van der Waals surface area contributed by atoms with E-state index in [0.717, 1.165) is 57.3 Å². The number of aryl methyl sites for hydroxylation is 1. The molecule has 1 N–H and O–H groups in total. The van der Waals surface area contributed by atoms with Crippen LogP contribution in [-0.2, 0) is 52.9 Å². The number of esters is 4. The molecule has 0 unspecified atom stereocenters. The average Bonchev–Trinajstić information content (AvgIpc) is 3.03. The van der Waals surface area contributed by atoms with Crippen molar-refractivity contribution < 1.29 is 56.2 Å². The van der Waals surface area contributed by atoms with Gasteiger partial charge in [0.05, 0.1) is 24.6 Å². The van der Waals surface area contributed by atoms with Crippen molar-refractivity contribution in [1.29, 1.82) is 0 Å². The smallest absolute Gasteiger partial charge is 0.349 e. The van der Waals surface area contributed by atoms with Gasteiger partial charge < -0.3 is 23.7 Å². The number of ether oxygens (including phenoxy) is 5. The molecule has 0 saturated carbocycles. The number of nitro groups is 1. The Morgan fingerprint density at radius 2 is 1.73 bits per heavy atom. The lowest BCUT2D eigenvalue weighted by Gasteiger charge is -2.48. The molecule has 1 heterocycles. The van der Waals surface area contributed by atoms with E-state index in [1.165, 1.54) is 12.1 Å². The molecule has 0 aromatic heterocycles. The van der Waals surface area contributed by atoms with Crippen molar-refractivity contribution >= 4 is 51.3 Å². The van der Waals surface area contributed by atoms with Gasteiger partial charge in [-0.1, -0.05) is 46.7 Å². The molecule has 264 valence electrons. The number of nitrogens with one attached hydrogen (secondary N) is 1. The summed E-state index contributed by atoms with van der Waals surface area (Å²) in [5.74, 6) is -3.90. The molecule has 0 spiro atoms. The summed E-state index contributed by atoms with van der Waals surface area (Å²) in [7, 11) is -3.86. The Balaban J connectivity index is 2.35. The third-order valence-corrected chi connectivity index (χ3v) is 9.72. The Labute approximate surface area is 284 Å². The van der Waals surface area contributed by atoms with Crippen LogP contribution in [0.1, 0.15) is 32.8 Å². The molecule has 0 radical (unpaired) electrons. The van der Waals surface area contributed by atoms with Crippen LogP contribution in [0.2, 0.25) is 0 Å². The summed E-state index contributed by atoms with van der Waals surface area (Å²) in [5, 5.41) is 15.2. The number of thioether (sulfide) groups is 1. The van der Waals surface area contributed by atoms with Gasteiger partial charge in [0.15, 0.2) is 11.0 Å². The molecule has 2 aromatic rings. The lowest BCUT2D eigenvalue weighted by molar-refractivity contribution is -0.387. The summed E-state index contributed by atoms with van der Waals surface area (Å²) in [5.41, 5.74) is 9.12. The summed E-state index contributed by atoms with van der Waals surface area (Å²) in [4.78, 5) is 61.9. The van der Waals surface area contributed by atoms with E-state index < -0.39 is 97.8 Å². The number of nitrogens with zero attached hydrogens (tertiary/aromatic N) is 4. The van der Waals surface area contributed by atoms with Crippen LogP contribution < -0.4 is 4.72 Å². The summed E-state index contributed by atoms with van der Waals surface area (Å²) in [6.07, 6.45) is -7.60. The van der Waals surface area contributed by atoms with Gasteiger partial charge in [-0.3, -0.25) is 24.5 Å². The highest BCUT2D eigenvalue weighted by Gasteiger charge is 2.59. The van der Waals surface area contributed by atoms with Crippen molar-refractivity contribution in [1.82, 2.24) is 4.72 Å². The fourth-order valence-electron chi connectivity index (χ4n) is 5.04. The Bertz CT molecular complexity index is 1730. The number of carbonyl (C=O) groups excluding carboxylic acids is 4. The summed E-state index contributed by atoms with van der Waals surface area (Å²) >= 11 is 0.806. The quantitative estimate of drug-likeness (QED) is 0.0559. The van der Waals surface area contributed by atoms with E-state index in [-0.39, 0.29) is 0 Å². The zero-order chi connectivity index (χ0) is 36.5. The van der Waals surface area contributed by atoms with Gasteiger partial charge in [0.1, 0.15) is 18.3 Å². The molecule has 2 aromatic carbocycles. The predicted octanol–water partition coefficient (Wildman–Crippen LogP) is 3.11. The van der Waals surface area contributed by atoms with Crippen LogP contribution in [0.15, 0.2) is 63.4 Å². The van der Waals surface area contributed by atoms with E-state index in [0.29, 0.717) is 4.90 Å². The van der Waals surface area contributed by atoms with Crippen molar-refractivity contribution in [3.63, 3.8) is 0 Å². The van der Waals surface area contributed by atoms with Gasteiger partial charge in [-0.15, -0.1) is 0 Å². The number of sulfonamides is 1. The molecule has 1 aliphatic heterocycles. The highest BCUT2D eigenvalue weighted by Crippen LogP contribution is 2.46. The second-order valence-corrected chi connectivity index (χ2v) is 13.6. The van der Waals surface area contributed by atoms with Crippen molar-refractivity contribution in [2.75, 3.05) is 13.7 Å². The number of para-hydroxylation sites is 1. The zero-order valence-corrected chi connectivity index (χ0v) is 28.5. The van der Waals surface area contributed by atoms with Crippen LogP contribution in [0.5, 0.6) is 0 Å². The van der Waals surface area contributed by atoms with Crippen LogP contribution in [0.25, 0.3) is 10.4 Å². The average molecular weight is 724 g/mol. The first-order valence-electron chi connectivity index (χ1n) is 14.3. The molecular weight excluding hydrogens is 690 g/mol. The van der Waals surface area contributed by atoms with Crippen LogP contribution >= 0.6 is 11.8 Å². The highest BCUT2D eigenvalue weighted by atomic mass is 32.2. The lowest BCUT2D eigenvalue weighted by atomic mass is 9.90. The molecule has 1 aliphatic rings. The first-order chi connectivity index (χ1) is 23.0. The van der Waals surface area contributed by atoms with E-state index in [1.807, 2.05) is 6.92 Å². The molecule has 49 heavy (non-hydrogen) atoms. The minimum absolute atomic E-state index is 0.449. The molecule has 0 aliphatic carbocycles. The number of rotatable bonds is 14. The number of methoxy groups -OCH3 is 1. The van der Waals surface area contributed by atoms with Crippen molar-refractivity contribution in [3.8, 4) is 0 Å². The maximum absolute atomic E-state index is 13.9. The fourth-order valence-corrected chi connectivity index (χ4v) is 7.71. The SMILES string of the molecule is COC(=O)[C@@]1(Sc2ccc(C)cc2)C[C@H](OC(C)=O)[C@@H](NS(=O)(=O)c2ccccc2[N+](=O)[O-])[C@H]([C@H](OC(C)=O)[C@@H](CN=[N+]=[N-])OC(C)=O)O1. The predicted molar refractivity (Wildman–Crippen MR) is 169 cm³/mol. The molecule has 3 rings (SSSR count). The maximum Gasteiger partial charge on any atom is 0.349 e. The number of azide groups is 1. The molecular formula is C29H33N5O13S2. The zero-order valence-electron chi connectivity index (χ0n) is 26.8. The van der Waals surface area contributed by atoms with Crippen LogP contribution in [0.3, 0.4) is 0 Å². The van der Waals surface area contributed by atoms with Gasteiger partial charge in [-0.25, -0.2) is 17.9 Å². The Hall–Kier alpha value is -4.75. The molecule has 1 saturated heterocycles. The summed E-state index contributed by atoms with van der Waals surface area (Å²) < 4.78 is 57.9. The standard InChI is InChI=1S/C29H33N5O13S2/c1-16-10-12-20(13-11-16)48-29(28(38)43-5)14-22(44-17(2)35)25(32-49(41,42)24-9-7-6-8-21(24)34(39)40)27(47-29)26(46-19(4)37)23(15-31-33-30)45-18(3)36/h6-13,22-23,25-27,32H,14-15H2,1-5H3/t22-,23+,25+,26+,27+,29-/m0/s1. The van der Waals surface area contributed by atoms with Crippen molar-refractivity contribution in [2.45, 2.75) is 79.3 Å². The highest BCUT2D eigenvalue weighted by molar-refractivity contribution is 8.01. The second-order valence-electron chi connectivity index (χ2n) is 10.6. The van der Waals surface area contributed by atoms with Gasteiger partial charge >= 0.3 is 23.9 Å². The third-order valence-electron chi connectivity index (χ3n) is 6.95. The molecule has 20 heteroatoms. The van der Waals surface area contributed by atoms with E-state index in [1.54, 1.807) is 24.3 Å². The van der Waals surface area contributed by atoms with Crippen LogP contribution in [-0.4, -0.2) is 86.3 Å². The molecule has 18 nitrogen and oxygen atoms in total. The number of hydrogen-bond acceptors (Lipinski definition) is 15. The minimum Gasteiger partial charge on any atom is -0.466 e. The third kappa shape index (κ3) is 9.89. The normalized spacial score (nSPS) is 21.6. The number of benzene rings is 2. The van der Waals surface area contributed by atoms with Gasteiger partial charge in [-0.2, -0.15) is 0 Å². The Kier molecular flexibility index (Phi) is 13.1. The van der Waals surface area contributed by atoms with E-state index >= 15 is 0 Å². The molecule has 0 amide bonds.